The predicted octanol–water partition coefficient (Wildman–Crippen LogP) is 1.09. The normalized spacial score (nSPS) is 12.0. The lowest BCUT2D eigenvalue weighted by Gasteiger charge is -2.15. The van der Waals surface area contributed by atoms with Crippen molar-refractivity contribution in [1.29, 1.82) is 0 Å². The Hall–Kier alpha value is -0.460. The van der Waals surface area contributed by atoms with Gasteiger partial charge in [0.05, 0.1) is 12.5 Å². The second-order valence-electron chi connectivity index (χ2n) is 4.68. The first-order valence-electron chi connectivity index (χ1n) is 6.31. The number of hydrogen-bond donors (Lipinski definition) is 0. The highest BCUT2D eigenvalue weighted by atomic mass is 32.2. The van der Waals surface area contributed by atoms with Gasteiger partial charge in [0.15, 0.2) is 5.78 Å². The number of ether oxygens (including phenoxy) is 1. The van der Waals surface area contributed by atoms with Crippen molar-refractivity contribution in [2.45, 2.75) is 32.6 Å². The van der Waals surface area contributed by atoms with Crippen LogP contribution in [0, 0.1) is 0 Å². The summed E-state index contributed by atoms with van der Waals surface area (Å²) in [7, 11) is -1.17. The minimum absolute atomic E-state index is 0.108. The van der Waals surface area contributed by atoms with Gasteiger partial charge < -0.3 is 4.74 Å². The van der Waals surface area contributed by atoms with Gasteiger partial charge in [-0.2, -0.15) is 0 Å². The summed E-state index contributed by atoms with van der Waals surface area (Å²) in [6, 6.07) is 0. The Morgan fingerprint density at radius 2 is 1.94 bits per heavy atom. The molecule has 18 heavy (non-hydrogen) atoms. The summed E-state index contributed by atoms with van der Waals surface area (Å²) < 4.78 is 27.1. The molecule has 0 heterocycles. The first-order valence-corrected chi connectivity index (χ1v) is 8.37. The topological polar surface area (TPSA) is 63.7 Å². The number of hydrogen-bond acceptors (Lipinski definition) is 5. The van der Waals surface area contributed by atoms with Crippen LogP contribution in [0.5, 0.6) is 0 Å². The number of carbonyl (C=O) groups excluding carboxylic acids is 1. The zero-order chi connectivity index (χ0) is 14.0. The monoisotopic (exact) mass is 279 g/mol. The zero-order valence-electron chi connectivity index (χ0n) is 11.6. The number of rotatable bonds is 11. The Bertz CT molecular complexity index is 327. The van der Waals surface area contributed by atoms with E-state index in [1.807, 2.05) is 0 Å². The van der Waals surface area contributed by atoms with E-state index in [0.717, 1.165) is 19.3 Å². The van der Waals surface area contributed by atoms with E-state index in [4.69, 9.17) is 4.74 Å². The molecule has 0 N–H and O–H groups in total. The second-order valence-corrected chi connectivity index (χ2v) is 6.94. The molecule has 0 aliphatic rings. The zero-order valence-corrected chi connectivity index (χ0v) is 12.5. The Kier molecular flexibility index (Phi) is 9.23. The van der Waals surface area contributed by atoms with Crippen molar-refractivity contribution in [3.05, 3.63) is 0 Å². The van der Waals surface area contributed by atoms with Crippen LogP contribution in [0.2, 0.25) is 0 Å². The molecule has 0 spiro atoms. The molecule has 0 fully saturated rings. The predicted molar refractivity (Wildman–Crippen MR) is 72.3 cm³/mol. The molecule has 0 unspecified atom stereocenters. The van der Waals surface area contributed by atoms with Crippen molar-refractivity contribution >= 4 is 15.6 Å². The van der Waals surface area contributed by atoms with E-state index in [1.54, 1.807) is 11.9 Å². The fourth-order valence-corrected chi connectivity index (χ4v) is 1.99. The van der Waals surface area contributed by atoms with Gasteiger partial charge >= 0.3 is 0 Å². The third-order valence-corrected chi connectivity index (χ3v) is 3.40. The first kappa shape index (κ1) is 17.5. The minimum atomic E-state index is -2.94. The third kappa shape index (κ3) is 12.0. The molecule has 0 saturated carbocycles. The number of nitrogens with zero attached hydrogens (tertiary/aromatic N) is 1. The summed E-state index contributed by atoms with van der Waals surface area (Å²) in [5.74, 6) is 0.220. The van der Waals surface area contributed by atoms with Crippen molar-refractivity contribution in [2.75, 3.05) is 38.9 Å². The molecule has 0 amide bonds. The molecule has 0 aliphatic heterocycles. The SMILES string of the molecule is CCCCCC(=O)COCN(C)CCS(C)(=O)=O. The van der Waals surface area contributed by atoms with E-state index in [9.17, 15) is 13.2 Å². The van der Waals surface area contributed by atoms with Crippen molar-refractivity contribution < 1.29 is 17.9 Å². The van der Waals surface area contributed by atoms with Gasteiger partial charge in [0, 0.05) is 19.2 Å². The van der Waals surface area contributed by atoms with Crippen LogP contribution in [0.3, 0.4) is 0 Å². The maximum Gasteiger partial charge on any atom is 0.158 e. The van der Waals surface area contributed by atoms with Crippen LogP contribution in [0.25, 0.3) is 0 Å². The maximum absolute atomic E-state index is 11.4. The fourth-order valence-electron chi connectivity index (χ4n) is 1.35. The standard InChI is InChI=1S/C12H25NO4S/c1-4-5-6-7-12(14)10-17-11-13(2)8-9-18(3,15)16/h4-11H2,1-3H3. The lowest BCUT2D eigenvalue weighted by atomic mass is 10.1. The smallest absolute Gasteiger partial charge is 0.158 e. The van der Waals surface area contributed by atoms with Gasteiger partial charge in [-0.15, -0.1) is 0 Å². The summed E-state index contributed by atoms with van der Waals surface area (Å²) >= 11 is 0. The van der Waals surface area contributed by atoms with Crippen molar-refractivity contribution in [3.8, 4) is 0 Å². The van der Waals surface area contributed by atoms with E-state index < -0.39 is 9.84 Å². The Morgan fingerprint density at radius 1 is 1.28 bits per heavy atom. The molecule has 0 radical (unpaired) electrons. The number of Topliss-reactive ketones (excluding diaryl/α,β-unsaturated/α-hetero) is 1. The van der Waals surface area contributed by atoms with Crippen LogP contribution in [-0.2, 0) is 19.4 Å². The van der Waals surface area contributed by atoms with Crippen LogP contribution in [0.1, 0.15) is 32.6 Å². The van der Waals surface area contributed by atoms with Crippen molar-refractivity contribution in [2.24, 2.45) is 0 Å². The number of sulfone groups is 1. The van der Waals surface area contributed by atoms with Crippen LogP contribution >= 0.6 is 0 Å². The van der Waals surface area contributed by atoms with Gasteiger partial charge in [-0.25, -0.2) is 8.42 Å². The van der Waals surface area contributed by atoms with Crippen LogP contribution in [0.4, 0.5) is 0 Å². The molecular weight excluding hydrogens is 254 g/mol. The minimum Gasteiger partial charge on any atom is -0.358 e. The van der Waals surface area contributed by atoms with E-state index in [-0.39, 0.29) is 24.9 Å². The molecular formula is C12H25NO4S. The lowest BCUT2D eigenvalue weighted by molar-refractivity contribution is -0.125. The molecule has 0 saturated heterocycles. The summed E-state index contributed by atoms with van der Waals surface area (Å²) in [5.41, 5.74) is 0. The van der Waals surface area contributed by atoms with Gasteiger partial charge in [-0.3, -0.25) is 9.69 Å². The summed E-state index contributed by atoms with van der Waals surface area (Å²) in [6.45, 7) is 2.92. The van der Waals surface area contributed by atoms with Gasteiger partial charge in [-0.05, 0) is 13.5 Å². The van der Waals surface area contributed by atoms with Gasteiger partial charge in [0.2, 0.25) is 0 Å². The van der Waals surface area contributed by atoms with Crippen LogP contribution < -0.4 is 0 Å². The number of unbranched alkanes of at least 4 members (excludes halogenated alkanes) is 2. The Morgan fingerprint density at radius 3 is 2.50 bits per heavy atom. The van der Waals surface area contributed by atoms with Crippen LogP contribution in [0.15, 0.2) is 0 Å². The molecule has 0 bridgehead atoms. The average molecular weight is 279 g/mol. The second kappa shape index (κ2) is 9.47. The highest BCUT2D eigenvalue weighted by Gasteiger charge is 2.06. The van der Waals surface area contributed by atoms with E-state index in [2.05, 4.69) is 6.92 Å². The number of carbonyl (C=O) groups is 1. The quantitative estimate of drug-likeness (QED) is 0.418. The van der Waals surface area contributed by atoms with Gasteiger partial charge in [0.25, 0.3) is 0 Å². The van der Waals surface area contributed by atoms with Crippen molar-refractivity contribution in [3.63, 3.8) is 0 Å². The molecule has 0 aromatic rings. The van der Waals surface area contributed by atoms with E-state index in [1.165, 1.54) is 6.26 Å². The summed E-state index contributed by atoms with van der Waals surface area (Å²) in [5, 5.41) is 0. The summed E-state index contributed by atoms with van der Waals surface area (Å²) in [6.07, 6.45) is 4.87. The highest BCUT2D eigenvalue weighted by molar-refractivity contribution is 7.90. The van der Waals surface area contributed by atoms with Gasteiger partial charge in [0.1, 0.15) is 16.4 Å². The molecule has 0 aliphatic carbocycles. The third-order valence-electron chi connectivity index (χ3n) is 2.48. The summed E-state index contributed by atoms with van der Waals surface area (Å²) in [4.78, 5) is 13.1. The molecule has 0 aromatic carbocycles. The van der Waals surface area contributed by atoms with E-state index >= 15 is 0 Å². The molecule has 0 rings (SSSR count). The number of ketones is 1. The molecule has 0 aromatic heterocycles. The maximum atomic E-state index is 11.4. The average Bonchev–Trinajstić information content (AvgIpc) is 2.26. The van der Waals surface area contributed by atoms with Gasteiger partial charge in [-0.1, -0.05) is 19.8 Å². The molecule has 6 heteroatoms. The van der Waals surface area contributed by atoms with Crippen LogP contribution in [-0.4, -0.2) is 58.0 Å². The molecule has 0 atom stereocenters. The first-order chi connectivity index (χ1) is 8.35. The van der Waals surface area contributed by atoms with E-state index in [0.29, 0.717) is 13.0 Å². The molecule has 5 nitrogen and oxygen atoms in total. The van der Waals surface area contributed by atoms with Crippen molar-refractivity contribution in [1.82, 2.24) is 4.90 Å². The Labute approximate surface area is 110 Å². The fraction of sp³-hybridized carbons (Fsp3) is 0.917. The molecule has 108 valence electrons. The highest BCUT2D eigenvalue weighted by Crippen LogP contribution is 2.00. The Balaban J connectivity index is 3.55. The lowest BCUT2D eigenvalue weighted by Crippen LogP contribution is -2.28. The largest absolute Gasteiger partial charge is 0.358 e.